The van der Waals surface area contributed by atoms with Gasteiger partial charge in [0.1, 0.15) is 6.54 Å². The van der Waals surface area contributed by atoms with Crippen molar-refractivity contribution >= 4 is 11.9 Å². The van der Waals surface area contributed by atoms with Crippen LogP contribution in [0.3, 0.4) is 0 Å². The van der Waals surface area contributed by atoms with Crippen LogP contribution in [0.4, 0.5) is 4.79 Å². The zero-order chi connectivity index (χ0) is 13.5. The SMILES string of the molecule is CC(C)CNC(=O)NC(=O)Cn1cc(CN)nn1. The van der Waals surface area contributed by atoms with Gasteiger partial charge in [-0.25, -0.2) is 9.48 Å². The molecule has 8 heteroatoms. The number of nitrogens with two attached hydrogens (primary N) is 1. The van der Waals surface area contributed by atoms with Crippen molar-refractivity contribution in [3.63, 3.8) is 0 Å². The highest BCUT2D eigenvalue weighted by atomic mass is 16.2. The monoisotopic (exact) mass is 254 g/mol. The summed E-state index contributed by atoms with van der Waals surface area (Å²) in [6, 6.07) is -0.507. The van der Waals surface area contributed by atoms with Crippen LogP contribution in [0.25, 0.3) is 0 Å². The van der Waals surface area contributed by atoms with Gasteiger partial charge in [0, 0.05) is 13.1 Å². The molecule has 0 aliphatic rings. The first-order valence-corrected chi connectivity index (χ1v) is 5.68. The van der Waals surface area contributed by atoms with Crippen LogP contribution in [-0.4, -0.2) is 33.5 Å². The Morgan fingerprint density at radius 2 is 2.22 bits per heavy atom. The van der Waals surface area contributed by atoms with Crippen LogP contribution in [0.5, 0.6) is 0 Å². The Morgan fingerprint density at radius 3 is 2.78 bits per heavy atom. The van der Waals surface area contributed by atoms with Crippen molar-refractivity contribution in [3.8, 4) is 0 Å². The molecule has 0 atom stereocenters. The number of urea groups is 1. The molecule has 4 N–H and O–H groups in total. The lowest BCUT2D eigenvalue weighted by Gasteiger charge is -2.08. The molecule has 0 aliphatic carbocycles. The highest BCUT2D eigenvalue weighted by Crippen LogP contribution is 1.91. The van der Waals surface area contributed by atoms with Gasteiger partial charge in [-0.1, -0.05) is 19.1 Å². The Bertz CT molecular complexity index is 414. The minimum absolute atomic E-state index is 0.0674. The summed E-state index contributed by atoms with van der Waals surface area (Å²) in [6.07, 6.45) is 1.56. The molecule has 0 radical (unpaired) electrons. The average molecular weight is 254 g/mol. The summed E-state index contributed by atoms with van der Waals surface area (Å²) in [7, 11) is 0. The normalized spacial score (nSPS) is 10.4. The molecular weight excluding hydrogens is 236 g/mol. The van der Waals surface area contributed by atoms with Gasteiger partial charge in [0.05, 0.1) is 11.9 Å². The van der Waals surface area contributed by atoms with Crippen molar-refractivity contribution in [3.05, 3.63) is 11.9 Å². The highest BCUT2D eigenvalue weighted by Gasteiger charge is 2.09. The predicted octanol–water partition coefficient (Wildman–Crippen LogP) is -0.781. The molecular formula is C10H18N6O2. The molecule has 1 heterocycles. The number of hydrogen-bond acceptors (Lipinski definition) is 5. The fraction of sp³-hybridized carbons (Fsp3) is 0.600. The Labute approximate surface area is 105 Å². The van der Waals surface area contributed by atoms with Crippen LogP contribution in [0.2, 0.25) is 0 Å². The number of nitrogens with zero attached hydrogens (tertiary/aromatic N) is 3. The summed E-state index contributed by atoms with van der Waals surface area (Å²) >= 11 is 0. The van der Waals surface area contributed by atoms with E-state index in [2.05, 4.69) is 20.9 Å². The van der Waals surface area contributed by atoms with Gasteiger partial charge in [-0.15, -0.1) is 5.10 Å². The number of carbonyl (C=O) groups excluding carboxylic acids is 2. The molecule has 0 spiro atoms. The summed E-state index contributed by atoms with van der Waals surface area (Å²) in [5.74, 6) is -0.127. The summed E-state index contributed by atoms with van der Waals surface area (Å²) in [4.78, 5) is 22.8. The number of amides is 3. The molecule has 100 valence electrons. The summed E-state index contributed by atoms with van der Waals surface area (Å²) < 4.78 is 1.33. The molecule has 0 aromatic carbocycles. The number of aromatic nitrogens is 3. The predicted molar refractivity (Wildman–Crippen MR) is 64.3 cm³/mol. The van der Waals surface area contributed by atoms with Gasteiger partial charge < -0.3 is 11.1 Å². The van der Waals surface area contributed by atoms with Gasteiger partial charge in [-0.05, 0) is 5.92 Å². The molecule has 0 bridgehead atoms. The number of nitrogens with one attached hydrogen (secondary N) is 2. The first kappa shape index (κ1) is 14.1. The number of carbonyl (C=O) groups is 2. The Kier molecular flexibility index (Phi) is 5.25. The van der Waals surface area contributed by atoms with E-state index in [-0.39, 0.29) is 13.1 Å². The molecule has 0 saturated heterocycles. The van der Waals surface area contributed by atoms with Crippen LogP contribution in [0, 0.1) is 5.92 Å². The zero-order valence-corrected chi connectivity index (χ0v) is 10.5. The van der Waals surface area contributed by atoms with E-state index >= 15 is 0 Å². The van der Waals surface area contributed by atoms with E-state index in [1.165, 1.54) is 4.68 Å². The first-order chi connectivity index (χ1) is 8.51. The third-order valence-corrected chi connectivity index (χ3v) is 2.02. The second-order valence-electron chi connectivity index (χ2n) is 4.26. The van der Waals surface area contributed by atoms with Crippen LogP contribution in [-0.2, 0) is 17.9 Å². The largest absolute Gasteiger partial charge is 0.338 e. The lowest BCUT2D eigenvalue weighted by atomic mass is 10.2. The minimum Gasteiger partial charge on any atom is -0.338 e. The van der Waals surface area contributed by atoms with Gasteiger partial charge in [-0.3, -0.25) is 10.1 Å². The average Bonchev–Trinajstić information content (AvgIpc) is 2.73. The lowest BCUT2D eigenvalue weighted by Crippen LogP contribution is -2.42. The smallest absolute Gasteiger partial charge is 0.321 e. The van der Waals surface area contributed by atoms with Gasteiger partial charge in [0.2, 0.25) is 5.91 Å². The van der Waals surface area contributed by atoms with Gasteiger partial charge >= 0.3 is 6.03 Å². The van der Waals surface area contributed by atoms with Gasteiger partial charge in [0.15, 0.2) is 0 Å². The standard InChI is InChI=1S/C10H18N6O2/c1-7(2)4-12-10(18)13-9(17)6-16-5-8(3-11)14-15-16/h5,7H,3-4,6,11H2,1-2H3,(H2,12,13,17,18). The topological polar surface area (TPSA) is 115 Å². The Hall–Kier alpha value is -1.96. The van der Waals surface area contributed by atoms with Crippen LogP contribution in [0.15, 0.2) is 6.20 Å². The molecule has 1 aromatic rings. The van der Waals surface area contributed by atoms with E-state index < -0.39 is 11.9 Å². The van der Waals surface area contributed by atoms with Gasteiger partial charge in [0.25, 0.3) is 0 Å². The van der Waals surface area contributed by atoms with Crippen molar-refractivity contribution in [1.29, 1.82) is 0 Å². The second kappa shape index (κ2) is 6.70. The summed E-state index contributed by atoms with van der Waals surface area (Å²) in [5, 5.41) is 12.2. The van der Waals surface area contributed by atoms with E-state index in [9.17, 15) is 9.59 Å². The Morgan fingerprint density at radius 1 is 1.50 bits per heavy atom. The maximum Gasteiger partial charge on any atom is 0.321 e. The van der Waals surface area contributed by atoms with Crippen molar-refractivity contribution in [2.75, 3.05) is 6.54 Å². The van der Waals surface area contributed by atoms with E-state index in [4.69, 9.17) is 5.73 Å². The fourth-order valence-electron chi connectivity index (χ4n) is 1.16. The number of hydrogen-bond donors (Lipinski definition) is 3. The third kappa shape index (κ3) is 4.91. The maximum atomic E-state index is 11.5. The first-order valence-electron chi connectivity index (χ1n) is 5.68. The van der Waals surface area contributed by atoms with Crippen LogP contribution >= 0.6 is 0 Å². The molecule has 0 aliphatic heterocycles. The molecule has 1 rings (SSSR count). The highest BCUT2D eigenvalue weighted by molar-refractivity contribution is 5.94. The van der Waals surface area contributed by atoms with Crippen LogP contribution < -0.4 is 16.4 Å². The second-order valence-corrected chi connectivity index (χ2v) is 4.26. The molecule has 0 unspecified atom stereocenters. The van der Waals surface area contributed by atoms with E-state index in [1.54, 1.807) is 6.20 Å². The third-order valence-electron chi connectivity index (χ3n) is 2.02. The summed E-state index contributed by atoms with van der Waals surface area (Å²) in [6.45, 7) is 4.63. The number of rotatable bonds is 5. The Balaban J connectivity index is 2.34. The molecule has 0 saturated carbocycles. The minimum atomic E-state index is -0.507. The van der Waals surface area contributed by atoms with Crippen molar-refractivity contribution in [1.82, 2.24) is 25.6 Å². The lowest BCUT2D eigenvalue weighted by molar-refractivity contribution is -0.120. The summed E-state index contributed by atoms with van der Waals surface area (Å²) in [5.41, 5.74) is 5.95. The maximum absolute atomic E-state index is 11.5. The molecule has 3 amide bonds. The fourth-order valence-corrected chi connectivity index (χ4v) is 1.16. The van der Waals surface area contributed by atoms with E-state index in [0.717, 1.165) is 0 Å². The van der Waals surface area contributed by atoms with Crippen LogP contribution in [0.1, 0.15) is 19.5 Å². The molecule has 18 heavy (non-hydrogen) atoms. The molecule has 8 nitrogen and oxygen atoms in total. The van der Waals surface area contributed by atoms with Crippen molar-refractivity contribution in [2.24, 2.45) is 11.7 Å². The zero-order valence-electron chi connectivity index (χ0n) is 10.5. The van der Waals surface area contributed by atoms with Gasteiger partial charge in [-0.2, -0.15) is 0 Å². The molecule has 1 aromatic heterocycles. The number of imide groups is 1. The van der Waals surface area contributed by atoms with Crippen molar-refractivity contribution in [2.45, 2.75) is 26.9 Å². The molecule has 0 fully saturated rings. The van der Waals surface area contributed by atoms with E-state index in [0.29, 0.717) is 18.2 Å². The van der Waals surface area contributed by atoms with Crippen molar-refractivity contribution < 1.29 is 9.59 Å². The van der Waals surface area contributed by atoms with E-state index in [1.807, 2.05) is 13.8 Å². The quantitative estimate of drug-likeness (QED) is 0.637.